The predicted octanol–water partition coefficient (Wildman–Crippen LogP) is 3.80. The van der Waals surface area contributed by atoms with Crippen LogP contribution < -0.4 is 15.1 Å². The molecule has 2 aliphatic heterocycles. The predicted molar refractivity (Wildman–Crippen MR) is 128 cm³/mol. The number of aromatic nitrogens is 4. The van der Waals surface area contributed by atoms with Crippen LogP contribution in [0.1, 0.15) is 44.6 Å². The van der Waals surface area contributed by atoms with Gasteiger partial charge in [0.05, 0.1) is 12.6 Å². The van der Waals surface area contributed by atoms with E-state index in [0.717, 1.165) is 29.7 Å². The van der Waals surface area contributed by atoms with Crippen LogP contribution in [0.15, 0.2) is 30.7 Å². The molecule has 0 aromatic carbocycles. The summed E-state index contributed by atoms with van der Waals surface area (Å²) in [5, 5.41) is 15.1. The van der Waals surface area contributed by atoms with Crippen LogP contribution in [0.4, 0.5) is 27.8 Å². The minimum atomic E-state index is -1.30. The summed E-state index contributed by atoms with van der Waals surface area (Å²) in [7, 11) is 0. The second-order valence-corrected chi connectivity index (χ2v) is 9.19. The number of nitrogens with zero attached hydrogens (tertiary/aromatic N) is 6. The van der Waals surface area contributed by atoms with Crippen molar-refractivity contribution in [2.45, 2.75) is 51.3 Å². The molecule has 2 fully saturated rings. The molecule has 2 aliphatic rings. The van der Waals surface area contributed by atoms with E-state index in [2.05, 4.69) is 45.1 Å². The molecule has 2 saturated heterocycles. The quantitative estimate of drug-likeness (QED) is 0.606. The van der Waals surface area contributed by atoms with Gasteiger partial charge in [-0.15, -0.1) is 0 Å². The number of aliphatic hydroxyl groups is 1. The molecule has 5 heterocycles. The summed E-state index contributed by atoms with van der Waals surface area (Å²) in [6, 6.07) is 3.83. The molecule has 0 bridgehead atoms. The van der Waals surface area contributed by atoms with Crippen LogP contribution in [-0.2, 0) is 0 Å². The highest BCUT2D eigenvalue weighted by Gasteiger charge is 2.29. The van der Waals surface area contributed by atoms with E-state index < -0.39 is 12.3 Å². The Labute approximate surface area is 192 Å². The van der Waals surface area contributed by atoms with Gasteiger partial charge < -0.3 is 20.2 Å². The molecular weight excluding hydrogens is 421 g/mol. The highest BCUT2D eigenvalue weighted by Crippen LogP contribution is 2.33. The lowest BCUT2D eigenvalue weighted by Crippen LogP contribution is -2.45. The first-order chi connectivity index (χ1) is 16.0. The van der Waals surface area contributed by atoms with Gasteiger partial charge in [-0.1, -0.05) is 13.8 Å². The highest BCUT2D eigenvalue weighted by atomic mass is 19.1. The van der Waals surface area contributed by atoms with Crippen LogP contribution in [0.3, 0.4) is 0 Å². The molecule has 0 spiro atoms. The van der Waals surface area contributed by atoms with Gasteiger partial charge in [0, 0.05) is 43.6 Å². The summed E-state index contributed by atoms with van der Waals surface area (Å²) in [5.74, 6) is 3.05. The smallest absolute Gasteiger partial charge is 0.227 e. The summed E-state index contributed by atoms with van der Waals surface area (Å²) in [6.07, 6.45) is 6.07. The Hall–Kier alpha value is -3.07. The lowest BCUT2D eigenvalue weighted by atomic mass is 9.99. The maximum Gasteiger partial charge on any atom is 0.227 e. The molecule has 0 amide bonds. The van der Waals surface area contributed by atoms with Gasteiger partial charge in [0.15, 0.2) is 0 Å². The first kappa shape index (κ1) is 21.8. The monoisotopic (exact) mass is 451 g/mol. The molecule has 9 heteroatoms. The van der Waals surface area contributed by atoms with Gasteiger partial charge in [0.1, 0.15) is 23.6 Å². The van der Waals surface area contributed by atoms with Gasteiger partial charge in [-0.2, -0.15) is 4.98 Å². The first-order valence-corrected chi connectivity index (χ1v) is 11.7. The lowest BCUT2D eigenvalue weighted by molar-refractivity contribution is 0.0612. The van der Waals surface area contributed by atoms with Crippen molar-refractivity contribution < 1.29 is 9.50 Å². The number of hydrogen-bond donors (Lipinski definition) is 2. The minimum absolute atomic E-state index is 0.0862. The SMILES string of the molecule is CC(C)c1cnc(N2CCCC2)c2cnc(Nc3ccnc(N4CC[C@@H](O)[C@@H](F)C4)n3)cc12. The molecular formula is C24H30FN7O. The van der Waals surface area contributed by atoms with Crippen molar-refractivity contribution in [1.82, 2.24) is 19.9 Å². The Morgan fingerprint density at radius 2 is 1.85 bits per heavy atom. The van der Waals surface area contributed by atoms with E-state index in [1.807, 2.05) is 12.4 Å². The van der Waals surface area contributed by atoms with Gasteiger partial charge in [-0.25, -0.2) is 19.3 Å². The maximum absolute atomic E-state index is 14.0. The van der Waals surface area contributed by atoms with Crippen molar-refractivity contribution in [3.63, 3.8) is 0 Å². The zero-order valence-electron chi connectivity index (χ0n) is 19.1. The number of piperidine rings is 1. The first-order valence-electron chi connectivity index (χ1n) is 11.7. The Bertz CT molecular complexity index is 1130. The normalized spacial score (nSPS) is 21.2. The third kappa shape index (κ3) is 4.42. The Morgan fingerprint density at radius 3 is 2.61 bits per heavy atom. The van der Waals surface area contributed by atoms with Crippen LogP contribution in [0.5, 0.6) is 0 Å². The average molecular weight is 452 g/mol. The van der Waals surface area contributed by atoms with Crippen LogP contribution in [0.2, 0.25) is 0 Å². The zero-order valence-corrected chi connectivity index (χ0v) is 19.1. The second-order valence-electron chi connectivity index (χ2n) is 9.19. The van der Waals surface area contributed by atoms with E-state index in [1.165, 1.54) is 18.4 Å². The number of anilines is 4. The molecule has 0 radical (unpaired) electrons. The number of rotatable bonds is 5. The number of hydrogen-bond acceptors (Lipinski definition) is 8. The summed E-state index contributed by atoms with van der Waals surface area (Å²) in [4.78, 5) is 22.4. The molecule has 0 unspecified atom stereocenters. The van der Waals surface area contributed by atoms with E-state index in [0.29, 0.717) is 36.5 Å². The third-order valence-corrected chi connectivity index (χ3v) is 6.50. The molecule has 174 valence electrons. The molecule has 2 atom stereocenters. The van der Waals surface area contributed by atoms with E-state index in [9.17, 15) is 9.50 Å². The topological polar surface area (TPSA) is 90.3 Å². The van der Waals surface area contributed by atoms with Gasteiger partial charge in [0.2, 0.25) is 5.95 Å². The number of nitrogens with one attached hydrogen (secondary N) is 1. The fourth-order valence-corrected chi connectivity index (χ4v) is 4.63. The van der Waals surface area contributed by atoms with Crippen LogP contribution in [0.25, 0.3) is 10.8 Å². The number of pyridine rings is 2. The van der Waals surface area contributed by atoms with Crippen molar-refractivity contribution in [2.75, 3.05) is 41.3 Å². The number of aliphatic hydroxyl groups excluding tert-OH is 1. The van der Waals surface area contributed by atoms with Gasteiger partial charge in [-0.3, -0.25) is 0 Å². The number of alkyl halides is 1. The molecule has 33 heavy (non-hydrogen) atoms. The maximum atomic E-state index is 14.0. The van der Waals surface area contributed by atoms with E-state index in [1.54, 1.807) is 17.2 Å². The zero-order chi connectivity index (χ0) is 22.9. The molecule has 2 N–H and O–H groups in total. The standard InChI is InChI=1S/C24H30FN7O/c1-15(2)17-12-28-23(31-8-3-4-9-31)18-13-27-22(11-16(17)18)29-21-5-7-26-24(30-21)32-10-6-20(33)19(25)14-32/h5,7,11-13,15,19-20,33H,3-4,6,8-10,14H2,1-2H3,(H,26,27,29,30)/t19-,20+/m0/s1. The fourth-order valence-electron chi connectivity index (χ4n) is 4.63. The number of halogens is 1. The largest absolute Gasteiger partial charge is 0.390 e. The number of fused-ring (bicyclic) bond motifs is 1. The van der Waals surface area contributed by atoms with E-state index in [-0.39, 0.29) is 6.54 Å². The van der Waals surface area contributed by atoms with Crippen molar-refractivity contribution in [2.24, 2.45) is 0 Å². The van der Waals surface area contributed by atoms with E-state index in [4.69, 9.17) is 4.98 Å². The summed E-state index contributed by atoms with van der Waals surface area (Å²) in [6.45, 7) is 7.00. The summed E-state index contributed by atoms with van der Waals surface area (Å²) < 4.78 is 14.0. The molecule has 3 aromatic heterocycles. The summed E-state index contributed by atoms with van der Waals surface area (Å²) >= 11 is 0. The van der Waals surface area contributed by atoms with Crippen LogP contribution in [0, 0.1) is 0 Å². The molecule has 8 nitrogen and oxygen atoms in total. The fraction of sp³-hybridized carbons (Fsp3) is 0.500. The van der Waals surface area contributed by atoms with Gasteiger partial charge in [0.25, 0.3) is 0 Å². The van der Waals surface area contributed by atoms with Crippen molar-refractivity contribution in [1.29, 1.82) is 0 Å². The van der Waals surface area contributed by atoms with Gasteiger partial charge in [-0.05, 0) is 48.3 Å². The van der Waals surface area contributed by atoms with Crippen LogP contribution in [-0.4, -0.2) is 63.5 Å². The minimum Gasteiger partial charge on any atom is -0.390 e. The summed E-state index contributed by atoms with van der Waals surface area (Å²) in [5.41, 5.74) is 1.18. The van der Waals surface area contributed by atoms with E-state index >= 15 is 0 Å². The molecule has 5 rings (SSSR count). The Kier molecular flexibility index (Phi) is 5.97. The molecule has 0 aliphatic carbocycles. The highest BCUT2D eigenvalue weighted by molar-refractivity contribution is 5.95. The van der Waals surface area contributed by atoms with Crippen molar-refractivity contribution in [3.8, 4) is 0 Å². The van der Waals surface area contributed by atoms with Crippen molar-refractivity contribution in [3.05, 3.63) is 36.3 Å². The van der Waals surface area contributed by atoms with Crippen LogP contribution >= 0.6 is 0 Å². The van der Waals surface area contributed by atoms with Gasteiger partial charge >= 0.3 is 0 Å². The molecule has 0 saturated carbocycles. The second kappa shape index (κ2) is 9.05. The lowest BCUT2D eigenvalue weighted by Gasteiger charge is -2.32. The van der Waals surface area contributed by atoms with Crippen molar-refractivity contribution >= 4 is 34.2 Å². The third-order valence-electron chi connectivity index (χ3n) is 6.50. The Morgan fingerprint density at radius 1 is 1.03 bits per heavy atom. The average Bonchev–Trinajstić information content (AvgIpc) is 3.35. The molecule has 3 aromatic rings. The Balaban J connectivity index is 1.44.